The lowest BCUT2D eigenvalue weighted by Crippen LogP contribution is -2.47. The maximum atomic E-state index is 14.1. The summed E-state index contributed by atoms with van der Waals surface area (Å²) in [6.45, 7) is 8.09. The van der Waals surface area contributed by atoms with Crippen LogP contribution < -0.4 is 0 Å². The molecule has 0 radical (unpaired) electrons. The van der Waals surface area contributed by atoms with Crippen LogP contribution in [0, 0.1) is 5.92 Å². The highest BCUT2D eigenvalue weighted by atomic mass is 16.6. The van der Waals surface area contributed by atoms with Crippen LogP contribution in [-0.4, -0.2) is 53.8 Å². The van der Waals surface area contributed by atoms with Crippen molar-refractivity contribution in [2.75, 3.05) is 26.8 Å². The number of methoxy groups -OCH3 is 1. The second-order valence-corrected chi connectivity index (χ2v) is 12.3. The van der Waals surface area contributed by atoms with Gasteiger partial charge in [0.05, 0.1) is 0 Å². The number of ether oxygens (including phenoxy) is 2. The molecule has 6 nitrogen and oxygen atoms in total. The molecule has 220 valence electrons. The molecule has 1 fully saturated rings. The number of likely N-dealkylation sites (tertiary alicyclic amines) is 1. The SMILES string of the molecule is COCCCn1ccc2ccc(CC(=O)[C@H]3CN(C(=O)OC(C)(C)C)CC[C@@H]3c3cccc(-c4ccccc4)c3)cc21. The van der Waals surface area contributed by atoms with Crippen LogP contribution in [0.5, 0.6) is 0 Å². The van der Waals surface area contributed by atoms with Crippen LogP contribution >= 0.6 is 0 Å². The highest BCUT2D eigenvalue weighted by Crippen LogP contribution is 2.37. The Balaban J connectivity index is 1.41. The number of aryl methyl sites for hydroxylation is 1. The summed E-state index contributed by atoms with van der Waals surface area (Å²) in [6.07, 6.45) is 3.69. The van der Waals surface area contributed by atoms with Gasteiger partial charge in [-0.2, -0.15) is 0 Å². The summed E-state index contributed by atoms with van der Waals surface area (Å²) < 4.78 is 13.2. The average molecular weight is 567 g/mol. The first-order chi connectivity index (χ1) is 20.2. The van der Waals surface area contributed by atoms with E-state index in [0.717, 1.165) is 46.1 Å². The molecule has 0 saturated carbocycles. The van der Waals surface area contributed by atoms with Crippen molar-refractivity contribution in [1.29, 1.82) is 0 Å². The van der Waals surface area contributed by atoms with E-state index in [2.05, 4.69) is 71.4 Å². The summed E-state index contributed by atoms with van der Waals surface area (Å²) in [4.78, 5) is 28.9. The Morgan fingerprint density at radius 3 is 2.48 bits per heavy atom. The number of carbonyl (C=O) groups is 2. The molecule has 3 aromatic carbocycles. The van der Waals surface area contributed by atoms with Crippen molar-refractivity contribution >= 4 is 22.8 Å². The van der Waals surface area contributed by atoms with Crippen molar-refractivity contribution in [3.05, 3.63) is 96.2 Å². The Morgan fingerprint density at radius 1 is 0.929 bits per heavy atom. The number of rotatable bonds is 9. The molecular weight excluding hydrogens is 524 g/mol. The lowest BCUT2D eigenvalue weighted by atomic mass is 9.76. The first-order valence-corrected chi connectivity index (χ1v) is 14.9. The number of benzene rings is 3. The zero-order chi connectivity index (χ0) is 29.7. The summed E-state index contributed by atoms with van der Waals surface area (Å²) in [6, 6.07) is 27.2. The van der Waals surface area contributed by atoms with Crippen LogP contribution in [0.2, 0.25) is 0 Å². The number of nitrogens with zero attached hydrogens (tertiary/aromatic N) is 2. The fourth-order valence-electron chi connectivity index (χ4n) is 5.99. The van der Waals surface area contributed by atoms with Gasteiger partial charge in [-0.15, -0.1) is 0 Å². The van der Waals surface area contributed by atoms with E-state index in [9.17, 15) is 9.59 Å². The summed E-state index contributed by atoms with van der Waals surface area (Å²) in [5, 5.41) is 1.16. The Morgan fingerprint density at radius 2 is 1.71 bits per heavy atom. The van der Waals surface area contributed by atoms with Crippen molar-refractivity contribution < 1.29 is 19.1 Å². The Bertz CT molecular complexity index is 1520. The van der Waals surface area contributed by atoms with Gasteiger partial charge in [0.25, 0.3) is 0 Å². The molecule has 42 heavy (non-hydrogen) atoms. The normalized spacial score (nSPS) is 17.4. The number of amides is 1. The molecule has 1 saturated heterocycles. The number of ketones is 1. The Kier molecular flexibility index (Phi) is 9.12. The molecule has 1 aromatic heterocycles. The molecule has 5 rings (SSSR count). The molecule has 0 spiro atoms. The molecular formula is C36H42N2O4. The zero-order valence-electron chi connectivity index (χ0n) is 25.2. The number of hydrogen-bond acceptors (Lipinski definition) is 4. The molecule has 1 aliphatic heterocycles. The molecule has 1 amide bonds. The number of hydrogen-bond donors (Lipinski definition) is 0. The number of piperidine rings is 1. The number of fused-ring (bicyclic) bond motifs is 1. The van der Waals surface area contributed by atoms with Crippen LogP contribution in [0.3, 0.4) is 0 Å². The van der Waals surface area contributed by atoms with Crippen LogP contribution in [0.15, 0.2) is 85.1 Å². The standard InChI is InChI=1S/C36H42N2O4/c1-36(2,3)42-35(40)38-20-17-31(30-13-8-12-29(24-30)27-10-6-5-7-11-27)32(25-38)34(39)23-26-14-15-28-16-19-37(33(28)22-26)18-9-21-41-4/h5-8,10-16,19,22,24,31-32H,9,17-18,20-21,23,25H2,1-4H3/t31-,32+/m1/s1. The molecule has 0 bridgehead atoms. The third kappa shape index (κ3) is 7.11. The van der Waals surface area contributed by atoms with Crippen molar-refractivity contribution in [1.82, 2.24) is 9.47 Å². The quantitative estimate of drug-likeness (QED) is 0.197. The van der Waals surface area contributed by atoms with E-state index in [-0.39, 0.29) is 23.7 Å². The summed E-state index contributed by atoms with van der Waals surface area (Å²) in [5.74, 6) is -0.168. The van der Waals surface area contributed by atoms with Crippen LogP contribution in [0.4, 0.5) is 4.79 Å². The number of carbonyl (C=O) groups excluding carboxylic acids is 2. The molecule has 2 heterocycles. The van der Waals surface area contributed by atoms with E-state index in [1.807, 2.05) is 39.0 Å². The van der Waals surface area contributed by atoms with Crippen molar-refractivity contribution in [2.45, 2.75) is 58.1 Å². The van der Waals surface area contributed by atoms with E-state index in [0.29, 0.717) is 32.5 Å². The Labute approximate surface area is 249 Å². The summed E-state index contributed by atoms with van der Waals surface area (Å²) >= 11 is 0. The molecule has 0 N–H and O–H groups in total. The highest BCUT2D eigenvalue weighted by Gasteiger charge is 2.38. The van der Waals surface area contributed by atoms with Gasteiger partial charge >= 0.3 is 6.09 Å². The predicted molar refractivity (Wildman–Crippen MR) is 168 cm³/mol. The topological polar surface area (TPSA) is 60.8 Å². The van der Waals surface area contributed by atoms with Crippen molar-refractivity contribution in [3.63, 3.8) is 0 Å². The second-order valence-electron chi connectivity index (χ2n) is 12.3. The van der Waals surface area contributed by atoms with E-state index in [4.69, 9.17) is 9.47 Å². The van der Waals surface area contributed by atoms with Gasteiger partial charge in [0, 0.05) is 57.4 Å². The maximum Gasteiger partial charge on any atom is 0.410 e. The lowest BCUT2D eigenvalue weighted by molar-refractivity contribution is -0.124. The smallest absolute Gasteiger partial charge is 0.410 e. The van der Waals surface area contributed by atoms with Gasteiger partial charge in [-0.25, -0.2) is 4.79 Å². The number of aromatic nitrogens is 1. The second kappa shape index (κ2) is 13.0. The van der Waals surface area contributed by atoms with Gasteiger partial charge in [0.2, 0.25) is 0 Å². The molecule has 6 heteroatoms. The third-order valence-electron chi connectivity index (χ3n) is 8.06. The van der Waals surface area contributed by atoms with Gasteiger partial charge in [0.1, 0.15) is 11.4 Å². The molecule has 2 atom stereocenters. The van der Waals surface area contributed by atoms with Gasteiger partial charge < -0.3 is 18.9 Å². The van der Waals surface area contributed by atoms with Gasteiger partial charge in [0.15, 0.2) is 0 Å². The summed E-state index contributed by atoms with van der Waals surface area (Å²) in [5.41, 5.74) is 4.95. The number of Topliss-reactive ketones (excluding diaryl/α,β-unsaturated/α-hetero) is 1. The first kappa shape index (κ1) is 29.6. The largest absolute Gasteiger partial charge is 0.444 e. The van der Waals surface area contributed by atoms with Crippen LogP contribution in [0.25, 0.3) is 22.0 Å². The minimum absolute atomic E-state index is 0.0153. The van der Waals surface area contributed by atoms with Crippen molar-refractivity contribution in [3.8, 4) is 11.1 Å². The van der Waals surface area contributed by atoms with Crippen molar-refractivity contribution in [2.24, 2.45) is 5.92 Å². The van der Waals surface area contributed by atoms with Gasteiger partial charge in [-0.05, 0) is 79.3 Å². The fraction of sp³-hybridized carbons (Fsp3) is 0.389. The molecule has 0 aliphatic carbocycles. The molecule has 4 aromatic rings. The van der Waals surface area contributed by atoms with E-state index < -0.39 is 5.60 Å². The van der Waals surface area contributed by atoms with E-state index >= 15 is 0 Å². The minimum Gasteiger partial charge on any atom is -0.444 e. The van der Waals surface area contributed by atoms with E-state index in [1.165, 1.54) is 0 Å². The zero-order valence-corrected chi connectivity index (χ0v) is 25.2. The van der Waals surface area contributed by atoms with E-state index in [1.54, 1.807) is 12.0 Å². The monoisotopic (exact) mass is 566 g/mol. The fourth-order valence-corrected chi connectivity index (χ4v) is 5.99. The average Bonchev–Trinajstić information content (AvgIpc) is 3.38. The Hall–Kier alpha value is -3.90. The van der Waals surface area contributed by atoms with Crippen LogP contribution in [0.1, 0.15) is 50.7 Å². The highest BCUT2D eigenvalue weighted by molar-refractivity contribution is 5.87. The predicted octanol–water partition coefficient (Wildman–Crippen LogP) is 7.50. The summed E-state index contributed by atoms with van der Waals surface area (Å²) in [7, 11) is 1.72. The first-order valence-electron chi connectivity index (χ1n) is 14.9. The molecule has 1 aliphatic rings. The lowest BCUT2D eigenvalue weighted by Gasteiger charge is -2.38. The maximum absolute atomic E-state index is 14.1. The minimum atomic E-state index is -0.592. The third-order valence-corrected chi connectivity index (χ3v) is 8.06. The van der Waals surface area contributed by atoms with Crippen LogP contribution in [-0.2, 0) is 27.2 Å². The van der Waals surface area contributed by atoms with Gasteiger partial charge in [-0.1, -0.05) is 66.7 Å². The van der Waals surface area contributed by atoms with Gasteiger partial charge in [-0.3, -0.25) is 4.79 Å². The molecule has 0 unspecified atom stereocenters.